The standard InChI is InChI=1S/C13H8Br2N4OS/c14-6-1-2-8(7(15)5-6)19-12(20)11-9(16)10-13(21-11)18-4-3-17-10/h1-5H,16H2,(H,19,20). The Morgan fingerprint density at radius 3 is 2.71 bits per heavy atom. The average molecular weight is 428 g/mol. The molecule has 0 aliphatic rings. The Kier molecular flexibility index (Phi) is 3.92. The van der Waals surface area contributed by atoms with E-state index in [2.05, 4.69) is 47.1 Å². The van der Waals surface area contributed by atoms with Crippen molar-refractivity contribution in [2.75, 3.05) is 11.1 Å². The minimum Gasteiger partial charge on any atom is -0.396 e. The summed E-state index contributed by atoms with van der Waals surface area (Å²) in [6.07, 6.45) is 3.13. The zero-order valence-electron chi connectivity index (χ0n) is 10.4. The van der Waals surface area contributed by atoms with Crippen molar-refractivity contribution in [2.45, 2.75) is 0 Å². The number of carbonyl (C=O) groups is 1. The zero-order valence-corrected chi connectivity index (χ0v) is 14.4. The van der Waals surface area contributed by atoms with Crippen LogP contribution in [-0.2, 0) is 0 Å². The Morgan fingerprint density at radius 1 is 1.24 bits per heavy atom. The van der Waals surface area contributed by atoms with Gasteiger partial charge in [0.15, 0.2) is 0 Å². The first kappa shape index (κ1) is 14.4. The minimum atomic E-state index is -0.277. The summed E-state index contributed by atoms with van der Waals surface area (Å²) in [6, 6.07) is 5.50. The van der Waals surface area contributed by atoms with Gasteiger partial charge in [-0.3, -0.25) is 4.79 Å². The highest BCUT2D eigenvalue weighted by atomic mass is 79.9. The van der Waals surface area contributed by atoms with Gasteiger partial charge in [0, 0.05) is 21.3 Å². The first-order valence-electron chi connectivity index (χ1n) is 5.81. The van der Waals surface area contributed by atoms with Crippen molar-refractivity contribution < 1.29 is 4.79 Å². The fourth-order valence-electron chi connectivity index (χ4n) is 1.78. The first-order valence-corrected chi connectivity index (χ1v) is 8.22. The van der Waals surface area contributed by atoms with Gasteiger partial charge in [-0.05, 0) is 34.1 Å². The molecular formula is C13H8Br2N4OS. The molecule has 5 nitrogen and oxygen atoms in total. The largest absolute Gasteiger partial charge is 0.396 e. The number of nitrogen functional groups attached to an aromatic ring is 1. The summed E-state index contributed by atoms with van der Waals surface area (Å²) in [6.45, 7) is 0. The average Bonchev–Trinajstić information content (AvgIpc) is 2.80. The molecule has 0 aliphatic carbocycles. The molecule has 0 atom stereocenters. The lowest BCUT2D eigenvalue weighted by Crippen LogP contribution is -2.12. The van der Waals surface area contributed by atoms with Crippen molar-refractivity contribution in [1.29, 1.82) is 0 Å². The third-order valence-corrected chi connectivity index (χ3v) is 5.00. The smallest absolute Gasteiger partial charge is 0.268 e. The van der Waals surface area contributed by atoms with Gasteiger partial charge in [0.05, 0.1) is 11.4 Å². The lowest BCUT2D eigenvalue weighted by Gasteiger charge is -2.07. The van der Waals surface area contributed by atoms with Crippen LogP contribution in [0.3, 0.4) is 0 Å². The molecule has 0 fully saturated rings. The van der Waals surface area contributed by atoms with Crippen LogP contribution in [0.1, 0.15) is 9.67 Å². The van der Waals surface area contributed by atoms with E-state index in [0.29, 0.717) is 26.6 Å². The van der Waals surface area contributed by atoms with Gasteiger partial charge in [-0.2, -0.15) is 0 Å². The van der Waals surface area contributed by atoms with E-state index in [1.807, 2.05) is 12.1 Å². The lowest BCUT2D eigenvalue weighted by molar-refractivity contribution is 0.103. The van der Waals surface area contributed by atoms with E-state index in [4.69, 9.17) is 5.73 Å². The number of anilines is 2. The Balaban J connectivity index is 1.95. The Morgan fingerprint density at radius 2 is 2.00 bits per heavy atom. The maximum atomic E-state index is 12.4. The SMILES string of the molecule is Nc1c(C(=O)Nc2ccc(Br)cc2Br)sc2nccnc12. The summed E-state index contributed by atoms with van der Waals surface area (Å²) in [5.41, 5.74) is 7.56. The predicted molar refractivity (Wildman–Crippen MR) is 91.6 cm³/mol. The van der Waals surface area contributed by atoms with Crippen molar-refractivity contribution in [2.24, 2.45) is 0 Å². The van der Waals surface area contributed by atoms with Gasteiger partial charge in [0.25, 0.3) is 5.91 Å². The van der Waals surface area contributed by atoms with Gasteiger partial charge in [0.1, 0.15) is 15.2 Å². The quantitative estimate of drug-likeness (QED) is 0.646. The third kappa shape index (κ3) is 2.78. The molecule has 0 unspecified atom stereocenters. The van der Waals surface area contributed by atoms with Gasteiger partial charge >= 0.3 is 0 Å². The molecule has 0 saturated heterocycles. The van der Waals surface area contributed by atoms with Crippen LogP contribution < -0.4 is 11.1 Å². The fraction of sp³-hybridized carbons (Fsp3) is 0. The van der Waals surface area contributed by atoms with Crippen molar-refractivity contribution >= 4 is 70.8 Å². The number of nitrogens with two attached hydrogens (primary N) is 1. The van der Waals surface area contributed by atoms with E-state index >= 15 is 0 Å². The maximum absolute atomic E-state index is 12.4. The number of rotatable bonds is 2. The molecule has 0 spiro atoms. The molecule has 2 aromatic heterocycles. The van der Waals surface area contributed by atoms with E-state index in [-0.39, 0.29) is 5.91 Å². The number of benzene rings is 1. The number of aromatic nitrogens is 2. The Bertz CT molecular complexity index is 849. The Hall–Kier alpha value is -1.51. The molecule has 1 aromatic carbocycles. The van der Waals surface area contributed by atoms with Gasteiger partial charge in [-0.1, -0.05) is 15.9 Å². The molecule has 3 rings (SSSR count). The van der Waals surface area contributed by atoms with Crippen LogP contribution in [0.4, 0.5) is 11.4 Å². The molecule has 8 heteroatoms. The van der Waals surface area contributed by atoms with Crippen LogP contribution in [0.5, 0.6) is 0 Å². The molecule has 0 radical (unpaired) electrons. The molecule has 1 amide bonds. The van der Waals surface area contributed by atoms with Crippen molar-refractivity contribution in [1.82, 2.24) is 9.97 Å². The minimum absolute atomic E-state index is 0.277. The van der Waals surface area contributed by atoms with Crippen LogP contribution in [0, 0.1) is 0 Å². The monoisotopic (exact) mass is 426 g/mol. The van der Waals surface area contributed by atoms with Gasteiger partial charge < -0.3 is 11.1 Å². The van der Waals surface area contributed by atoms with Crippen LogP contribution >= 0.6 is 43.2 Å². The number of nitrogens with zero attached hydrogens (tertiary/aromatic N) is 2. The number of halogens is 2. The summed E-state index contributed by atoms with van der Waals surface area (Å²) in [5.74, 6) is -0.277. The van der Waals surface area contributed by atoms with Crippen molar-refractivity contribution in [3.05, 3.63) is 44.4 Å². The molecule has 3 N–H and O–H groups in total. The molecule has 106 valence electrons. The number of hydrogen-bond acceptors (Lipinski definition) is 5. The topological polar surface area (TPSA) is 80.9 Å². The number of hydrogen-bond donors (Lipinski definition) is 2. The van der Waals surface area contributed by atoms with Crippen molar-refractivity contribution in [3.63, 3.8) is 0 Å². The fourth-order valence-corrected chi connectivity index (χ4v) is 3.85. The molecule has 0 aliphatic heterocycles. The second-order valence-electron chi connectivity index (χ2n) is 4.13. The summed E-state index contributed by atoms with van der Waals surface area (Å²) in [4.78, 5) is 21.7. The van der Waals surface area contributed by atoms with Crippen LogP contribution in [0.2, 0.25) is 0 Å². The van der Waals surface area contributed by atoms with Gasteiger partial charge in [0.2, 0.25) is 0 Å². The number of carbonyl (C=O) groups excluding carboxylic acids is 1. The van der Waals surface area contributed by atoms with Gasteiger partial charge in [-0.25, -0.2) is 9.97 Å². The van der Waals surface area contributed by atoms with Crippen molar-refractivity contribution in [3.8, 4) is 0 Å². The highest BCUT2D eigenvalue weighted by Crippen LogP contribution is 2.32. The molecule has 0 bridgehead atoms. The van der Waals surface area contributed by atoms with Crippen LogP contribution in [0.25, 0.3) is 10.3 Å². The molecule has 2 heterocycles. The number of nitrogens with one attached hydrogen (secondary N) is 1. The number of thiophene rings is 1. The van der Waals surface area contributed by atoms with E-state index in [1.165, 1.54) is 11.3 Å². The molecule has 3 aromatic rings. The summed E-state index contributed by atoms with van der Waals surface area (Å²) >= 11 is 7.99. The van der Waals surface area contributed by atoms with E-state index < -0.39 is 0 Å². The van der Waals surface area contributed by atoms with Gasteiger partial charge in [-0.15, -0.1) is 11.3 Å². The Labute approximate surface area is 140 Å². The second kappa shape index (κ2) is 5.70. The molecular weight excluding hydrogens is 420 g/mol. The maximum Gasteiger partial charge on any atom is 0.268 e. The molecule has 0 saturated carbocycles. The highest BCUT2D eigenvalue weighted by Gasteiger charge is 2.18. The predicted octanol–water partition coefficient (Wildman–Crippen LogP) is 4.05. The normalized spacial score (nSPS) is 10.8. The van der Waals surface area contributed by atoms with E-state index in [9.17, 15) is 4.79 Å². The highest BCUT2D eigenvalue weighted by molar-refractivity contribution is 9.11. The van der Waals surface area contributed by atoms with Crippen LogP contribution in [-0.4, -0.2) is 15.9 Å². The van der Waals surface area contributed by atoms with E-state index in [0.717, 1.165) is 8.95 Å². The second-order valence-corrected chi connectivity index (χ2v) is 6.90. The molecule has 21 heavy (non-hydrogen) atoms. The first-order chi connectivity index (χ1) is 10.1. The number of amides is 1. The summed E-state index contributed by atoms with van der Waals surface area (Å²) in [5, 5.41) is 2.82. The summed E-state index contributed by atoms with van der Waals surface area (Å²) < 4.78 is 1.70. The van der Waals surface area contributed by atoms with Crippen LogP contribution in [0.15, 0.2) is 39.5 Å². The zero-order chi connectivity index (χ0) is 15.0. The lowest BCUT2D eigenvalue weighted by atomic mass is 10.3. The number of fused-ring (bicyclic) bond motifs is 1. The van der Waals surface area contributed by atoms with E-state index in [1.54, 1.807) is 18.5 Å². The summed E-state index contributed by atoms with van der Waals surface area (Å²) in [7, 11) is 0. The third-order valence-electron chi connectivity index (χ3n) is 2.75.